The Morgan fingerprint density at radius 3 is 2.53 bits per heavy atom. The van der Waals surface area contributed by atoms with E-state index < -0.39 is 0 Å². The highest BCUT2D eigenvalue weighted by atomic mass is 79.9. The molecular formula is C13H20BrN3. The fourth-order valence-electron chi connectivity index (χ4n) is 2.41. The van der Waals surface area contributed by atoms with E-state index in [-0.39, 0.29) is 0 Å². The van der Waals surface area contributed by atoms with Gasteiger partial charge in [0, 0.05) is 18.9 Å². The fraction of sp³-hybridized carbons (Fsp3) is 0.692. The van der Waals surface area contributed by atoms with Gasteiger partial charge in [0.15, 0.2) is 0 Å². The van der Waals surface area contributed by atoms with Crippen LogP contribution >= 0.6 is 15.9 Å². The van der Waals surface area contributed by atoms with Gasteiger partial charge in [-0.15, -0.1) is 0 Å². The average Bonchev–Trinajstić information content (AvgIpc) is 2.34. The van der Waals surface area contributed by atoms with Crippen molar-refractivity contribution in [3.8, 4) is 0 Å². The molecule has 3 nitrogen and oxygen atoms in total. The summed E-state index contributed by atoms with van der Waals surface area (Å²) in [6.45, 7) is 3.35. The van der Waals surface area contributed by atoms with Crippen LogP contribution in [-0.4, -0.2) is 16.5 Å². The molecule has 17 heavy (non-hydrogen) atoms. The summed E-state index contributed by atoms with van der Waals surface area (Å²) in [4.78, 5) is 8.41. The van der Waals surface area contributed by atoms with E-state index in [4.69, 9.17) is 0 Å². The summed E-state index contributed by atoms with van der Waals surface area (Å²) in [5.41, 5.74) is 0. The Hall–Kier alpha value is -0.640. The molecule has 0 saturated heterocycles. The Labute approximate surface area is 112 Å². The number of rotatable bonds is 4. The zero-order chi connectivity index (χ0) is 12.1. The first-order chi connectivity index (χ1) is 8.24. The third-order valence-electron chi connectivity index (χ3n) is 3.59. The number of halogens is 1. The van der Waals surface area contributed by atoms with Crippen molar-refractivity contribution in [1.82, 2.24) is 9.97 Å². The van der Waals surface area contributed by atoms with Crippen molar-refractivity contribution in [2.75, 3.05) is 11.9 Å². The van der Waals surface area contributed by atoms with Crippen LogP contribution in [0.3, 0.4) is 0 Å². The summed E-state index contributed by atoms with van der Waals surface area (Å²) in [5, 5.41) is 3.29. The van der Waals surface area contributed by atoms with Gasteiger partial charge in [0.2, 0.25) is 5.95 Å². The molecule has 4 heteroatoms. The molecule has 2 rings (SSSR count). The van der Waals surface area contributed by atoms with Crippen LogP contribution in [0.15, 0.2) is 16.9 Å². The maximum Gasteiger partial charge on any atom is 0.222 e. The second-order valence-electron chi connectivity index (χ2n) is 5.07. The van der Waals surface area contributed by atoms with Crippen molar-refractivity contribution in [2.24, 2.45) is 11.8 Å². The van der Waals surface area contributed by atoms with Crippen LogP contribution < -0.4 is 5.32 Å². The highest BCUT2D eigenvalue weighted by Crippen LogP contribution is 2.30. The Bertz CT molecular complexity index is 331. The maximum atomic E-state index is 4.20. The summed E-state index contributed by atoms with van der Waals surface area (Å²) in [6, 6.07) is 0. The molecule has 0 aliphatic heterocycles. The Morgan fingerprint density at radius 2 is 1.88 bits per heavy atom. The van der Waals surface area contributed by atoms with E-state index in [1.807, 2.05) is 0 Å². The molecule has 1 aromatic heterocycles. The van der Waals surface area contributed by atoms with Gasteiger partial charge in [-0.05, 0) is 34.2 Å². The molecule has 1 aliphatic rings. The average molecular weight is 298 g/mol. The van der Waals surface area contributed by atoms with E-state index >= 15 is 0 Å². The third-order valence-corrected chi connectivity index (χ3v) is 4.00. The summed E-state index contributed by atoms with van der Waals surface area (Å²) in [5.74, 6) is 2.57. The molecule has 0 aromatic carbocycles. The molecule has 1 N–H and O–H groups in total. The molecule has 0 atom stereocenters. The Balaban J connectivity index is 1.67. The maximum absolute atomic E-state index is 4.20. The molecule has 0 unspecified atom stereocenters. The number of nitrogens with one attached hydrogen (secondary N) is 1. The van der Waals surface area contributed by atoms with Gasteiger partial charge in [-0.2, -0.15) is 0 Å². The van der Waals surface area contributed by atoms with Gasteiger partial charge in [0.05, 0.1) is 4.47 Å². The lowest BCUT2D eigenvalue weighted by Crippen LogP contribution is -2.16. The van der Waals surface area contributed by atoms with Crippen molar-refractivity contribution in [1.29, 1.82) is 0 Å². The van der Waals surface area contributed by atoms with Crippen molar-refractivity contribution in [3.05, 3.63) is 16.9 Å². The molecule has 1 aliphatic carbocycles. The van der Waals surface area contributed by atoms with E-state index in [0.29, 0.717) is 0 Å². The molecule has 0 radical (unpaired) electrons. The molecule has 0 amide bonds. The summed E-state index contributed by atoms with van der Waals surface area (Å²) < 4.78 is 0.921. The van der Waals surface area contributed by atoms with Crippen LogP contribution in [0.5, 0.6) is 0 Å². The van der Waals surface area contributed by atoms with Crippen molar-refractivity contribution >= 4 is 21.9 Å². The lowest BCUT2D eigenvalue weighted by atomic mass is 9.81. The Morgan fingerprint density at radius 1 is 1.24 bits per heavy atom. The van der Waals surface area contributed by atoms with Gasteiger partial charge >= 0.3 is 0 Å². The lowest BCUT2D eigenvalue weighted by Gasteiger charge is -2.26. The first kappa shape index (κ1) is 12.8. The van der Waals surface area contributed by atoms with Crippen molar-refractivity contribution < 1.29 is 0 Å². The normalized spacial score (nSPS) is 24.6. The highest BCUT2D eigenvalue weighted by molar-refractivity contribution is 9.10. The Kier molecular flexibility index (Phi) is 4.77. The number of nitrogens with zero attached hydrogens (tertiary/aromatic N) is 2. The van der Waals surface area contributed by atoms with E-state index in [9.17, 15) is 0 Å². The number of aromatic nitrogens is 2. The summed E-state index contributed by atoms with van der Waals surface area (Å²) in [6.07, 6.45) is 10.4. The molecule has 0 bridgehead atoms. The third kappa shape index (κ3) is 4.26. The van der Waals surface area contributed by atoms with Gasteiger partial charge in [0.1, 0.15) is 0 Å². The van der Waals surface area contributed by atoms with Gasteiger partial charge in [-0.25, -0.2) is 9.97 Å². The lowest BCUT2D eigenvalue weighted by molar-refractivity contribution is 0.282. The minimum Gasteiger partial charge on any atom is -0.354 e. The van der Waals surface area contributed by atoms with Crippen LogP contribution in [-0.2, 0) is 0 Å². The van der Waals surface area contributed by atoms with E-state index in [1.54, 1.807) is 12.4 Å². The van der Waals surface area contributed by atoms with Crippen molar-refractivity contribution in [2.45, 2.75) is 39.0 Å². The number of hydrogen-bond donors (Lipinski definition) is 1. The predicted octanol–water partition coefficient (Wildman–Crippen LogP) is 3.87. The minimum atomic E-state index is 0.734. The van der Waals surface area contributed by atoms with Crippen LogP contribution in [0, 0.1) is 11.8 Å². The summed E-state index contributed by atoms with van der Waals surface area (Å²) >= 11 is 3.33. The van der Waals surface area contributed by atoms with Crippen molar-refractivity contribution in [3.63, 3.8) is 0 Å². The number of hydrogen-bond acceptors (Lipinski definition) is 3. The predicted molar refractivity (Wildman–Crippen MR) is 74.0 cm³/mol. The van der Waals surface area contributed by atoms with Crippen LogP contribution in [0.25, 0.3) is 0 Å². The monoisotopic (exact) mass is 297 g/mol. The van der Waals surface area contributed by atoms with E-state index in [2.05, 4.69) is 38.1 Å². The quantitative estimate of drug-likeness (QED) is 0.917. The molecule has 1 aromatic rings. The zero-order valence-electron chi connectivity index (χ0n) is 10.3. The SMILES string of the molecule is CC1CCC(CCNc2ncc(Br)cn2)CC1. The second-order valence-corrected chi connectivity index (χ2v) is 5.98. The second kappa shape index (κ2) is 6.34. The molecule has 94 valence electrons. The standard InChI is InChI=1S/C13H20BrN3/c1-10-2-4-11(5-3-10)6-7-15-13-16-8-12(14)9-17-13/h8-11H,2-7H2,1H3,(H,15,16,17). The molecular weight excluding hydrogens is 278 g/mol. The topological polar surface area (TPSA) is 37.8 Å². The van der Waals surface area contributed by atoms with E-state index in [1.165, 1.54) is 32.1 Å². The molecule has 1 heterocycles. The summed E-state index contributed by atoms with van der Waals surface area (Å²) in [7, 11) is 0. The van der Waals surface area contributed by atoms with Gasteiger partial charge in [-0.1, -0.05) is 32.6 Å². The van der Waals surface area contributed by atoms with Crippen LogP contribution in [0.2, 0.25) is 0 Å². The fourth-order valence-corrected chi connectivity index (χ4v) is 2.61. The number of anilines is 1. The highest BCUT2D eigenvalue weighted by Gasteiger charge is 2.17. The molecule has 0 spiro atoms. The van der Waals surface area contributed by atoms with Gasteiger partial charge in [-0.3, -0.25) is 0 Å². The largest absolute Gasteiger partial charge is 0.354 e. The minimum absolute atomic E-state index is 0.734. The molecule has 1 saturated carbocycles. The van der Waals surface area contributed by atoms with Gasteiger partial charge < -0.3 is 5.32 Å². The van der Waals surface area contributed by atoms with Gasteiger partial charge in [0.25, 0.3) is 0 Å². The molecule has 1 fully saturated rings. The van der Waals surface area contributed by atoms with Crippen LogP contribution in [0.4, 0.5) is 5.95 Å². The van der Waals surface area contributed by atoms with E-state index in [0.717, 1.165) is 28.8 Å². The zero-order valence-corrected chi connectivity index (χ0v) is 11.9. The smallest absolute Gasteiger partial charge is 0.222 e. The first-order valence-electron chi connectivity index (χ1n) is 6.45. The van der Waals surface area contributed by atoms with Crippen LogP contribution in [0.1, 0.15) is 39.0 Å². The first-order valence-corrected chi connectivity index (χ1v) is 7.25.